The first-order valence-corrected chi connectivity index (χ1v) is 12.3. The lowest BCUT2D eigenvalue weighted by molar-refractivity contribution is 0.247. The average molecular weight is 478 g/mol. The van der Waals surface area contributed by atoms with Gasteiger partial charge in [0.05, 0.1) is 0 Å². The smallest absolute Gasteiger partial charge is 0.319 e. The van der Waals surface area contributed by atoms with Crippen LogP contribution in [0.4, 0.5) is 16.3 Å². The molecule has 0 radical (unpaired) electrons. The second-order valence-electron chi connectivity index (χ2n) is 8.71. The number of benzene rings is 2. The molecule has 7 heteroatoms. The minimum atomic E-state index is -0.224. The summed E-state index contributed by atoms with van der Waals surface area (Å²) < 4.78 is 0. The lowest BCUT2D eigenvalue weighted by atomic mass is 9.91. The van der Waals surface area contributed by atoms with Gasteiger partial charge >= 0.3 is 6.03 Å². The summed E-state index contributed by atoms with van der Waals surface area (Å²) >= 11 is 6.12. The molecule has 0 spiro atoms. The van der Waals surface area contributed by atoms with Crippen molar-refractivity contribution in [1.29, 1.82) is 0 Å². The van der Waals surface area contributed by atoms with E-state index >= 15 is 0 Å². The van der Waals surface area contributed by atoms with Gasteiger partial charge in [0.25, 0.3) is 0 Å². The number of likely N-dealkylation sites (tertiary alicyclic amines) is 1. The zero-order valence-electron chi connectivity index (χ0n) is 19.5. The molecule has 3 aromatic rings. The minimum absolute atomic E-state index is 0.0993. The Morgan fingerprint density at radius 1 is 1.09 bits per heavy atom. The second kappa shape index (κ2) is 11.9. The molecule has 0 aliphatic carbocycles. The van der Waals surface area contributed by atoms with Crippen LogP contribution in [0, 0.1) is 0 Å². The Labute approximate surface area is 206 Å². The zero-order chi connectivity index (χ0) is 23.8. The van der Waals surface area contributed by atoms with Gasteiger partial charge in [-0.25, -0.2) is 9.78 Å². The molecular weight excluding hydrogens is 446 g/mol. The third-order valence-corrected chi connectivity index (χ3v) is 6.25. The number of hydrogen-bond acceptors (Lipinski definition) is 4. The standard InChI is InChI=1S/C27H32ClN5O/c1-2-14-29-26-17-23(16-25(28)32-26)31-27(34)30-22-13-15-33(18-22)19-24(20-9-5-3-6-10-20)21-11-7-4-8-12-21/h3-12,16-17,22,24H,2,13-15,18-19H2,1H3,(H3,29,30,31,32,34). The summed E-state index contributed by atoms with van der Waals surface area (Å²) in [5.74, 6) is 0.951. The normalized spacial score (nSPS) is 15.9. The molecule has 2 heterocycles. The van der Waals surface area contributed by atoms with E-state index in [0.29, 0.717) is 22.6 Å². The Morgan fingerprint density at radius 3 is 2.41 bits per heavy atom. The summed E-state index contributed by atoms with van der Waals surface area (Å²) in [5.41, 5.74) is 3.24. The van der Waals surface area contributed by atoms with E-state index in [9.17, 15) is 4.79 Å². The van der Waals surface area contributed by atoms with Crippen molar-refractivity contribution in [2.75, 3.05) is 36.8 Å². The van der Waals surface area contributed by atoms with Crippen molar-refractivity contribution in [3.05, 3.63) is 89.1 Å². The first kappa shape index (κ1) is 24.0. The van der Waals surface area contributed by atoms with E-state index in [2.05, 4.69) is 93.4 Å². The molecule has 1 unspecified atom stereocenters. The highest BCUT2D eigenvalue weighted by molar-refractivity contribution is 6.29. The minimum Gasteiger partial charge on any atom is -0.370 e. The summed E-state index contributed by atoms with van der Waals surface area (Å²) in [6.07, 6.45) is 1.90. The first-order chi connectivity index (χ1) is 16.6. The fourth-order valence-corrected chi connectivity index (χ4v) is 4.62. The number of rotatable bonds is 9. The van der Waals surface area contributed by atoms with Crippen LogP contribution in [0.5, 0.6) is 0 Å². The van der Waals surface area contributed by atoms with Gasteiger partial charge in [0.15, 0.2) is 0 Å². The molecular formula is C27H32ClN5O. The molecule has 1 fully saturated rings. The van der Waals surface area contributed by atoms with Gasteiger partial charge in [-0.1, -0.05) is 79.2 Å². The molecule has 6 nitrogen and oxygen atoms in total. The fraction of sp³-hybridized carbons (Fsp3) is 0.333. The molecule has 1 saturated heterocycles. The van der Waals surface area contributed by atoms with E-state index in [1.165, 1.54) is 11.1 Å². The summed E-state index contributed by atoms with van der Waals surface area (Å²) in [5, 5.41) is 9.56. The van der Waals surface area contributed by atoms with Crippen LogP contribution in [0.3, 0.4) is 0 Å². The molecule has 1 aliphatic rings. The van der Waals surface area contributed by atoms with Crippen molar-refractivity contribution in [3.63, 3.8) is 0 Å². The van der Waals surface area contributed by atoms with Gasteiger partial charge in [-0.15, -0.1) is 0 Å². The summed E-state index contributed by atoms with van der Waals surface area (Å²) in [4.78, 5) is 19.3. The third-order valence-electron chi connectivity index (χ3n) is 6.06. The molecule has 0 bridgehead atoms. The van der Waals surface area contributed by atoms with Crippen LogP contribution < -0.4 is 16.0 Å². The van der Waals surface area contributed by atoms with Crippen molar-refractivity contribution in [2.45, 2.75) is 31.7 Å². The summed E-state index contributed by atoms with van der Waals surface area (Å²) in [6, 6.07) is 24.6. The number of hydrogen-bond donors (Lipinski definition) is 3. The van der Waals surface area contributed by atoms with Gasteiger partial charge in [0.1, 0.15) is 11.0 Å². The molecule has 1 atom stereocenters. The van der Waals surface area contributed by atoms with Crippen molar-refractivity contribution < 1.29 is 4.79 Å². The van der Waals surface area contributed by atoms with Gasteiger partial charge < -0.3 is 20.9 Å². The molecule has 0 saturated carbocycles. The SMILES string of the molecule is CCCNc1cc(NC(=O)NC2CCN(CC(c3ccccc3)c3ccccc3)C2)cc(Cl)n1. The molecule has 1 aromatic heterocycles. The predicted molar refractivity (Wildman–Crippen MR) is 140 cm³/mol. The summed E-state index contributed by atoms with van der Waals surface area (Å²) in [6.45, 7) is 5.57. The van der Waals surface area contributed by atoms with Crippen molar-refractivity contribution >= 4 is 29.1 Å². The second-order valence-corrected chi connectivity index (χ2v) is 9.10. The zero-order valence-corrected chi connectivity index (χ0v) is 20.3. The number of pyridine rings is 1. The number of halogens is 1. The topological polar surface area (TPSA) is 69.3 Å². The van der Waals surface area contributed by atoms with Crippen molar-refractivity contribution in [1.82, 2.24) is 15.2 Å². The van der Waals surface area contributed by atoms with Crippen LogP contribution in [-0.2, 0) is 0 Å². The number of nitrogens with one attached hydrogen (secondary N) is 3. The van der Waals surface area contributed by atoms with Crippen LogP contribution >= 0.6 is 11.6 Å². The van der Waals surface area contributed by atoms with Gasteiger partial charge in [-0.05, 0) is 30.0 Å². The van der Waals surface area contributed by atoms with Gasteiger partial charge in [0, 0.05) is 49.9 Å². The maximum atomic E-state index is 12.7. The number of nitrogens with zero attached hydrogens (tertiary/aromatic N) is 2. The molecule has 2 amide bonds. The summed E-state index contributed by atoms with van der Waals surface area (Å²) in [7, 11) is 0. The lowest BCUT2D eigenvalue weighted by Gasteiger charge is -2.25. The van der Waals surface area contributed by atoms with E-state index in [0.717, 1.165) is 39.0 Å². The van der Waals surface area contributed by atoms with Crippen LogP contribution in [0.15, 0.2) is 72.8 Å². The number of anilines is 2. The molecule has 2 aromatic carbocycles. The maximum Gasteiger partial charge on any atom is 0.319 e. The average Bonchev–Trinajstić information content (AvgIpc) is 3.28. The molecule has 3 N–H and O–H groups in total. The monoisotopic (exact) mass is 477 g/mol. The number of carbonyl (C=O) groups is 1. The maximum absolute atomic E-state index is 12.7. The number of amides is 2. The van der Waals surface area contributed by atoms with Crippen molar-refractivity contribution in [2.24, 2.45) is 0 Å². The predicted octanol–water partition coefficient (Wildman–Crippen LogP) is 5.58. The van der Waals surface area contributed by atoms with E-state index in [1.54, 1.807) is 12.1 Å². The Morgan fingerprint density at radius 2 is 1.76 bits per heavy atom. The van der Waals surface area contributed by atoms with Crippen molar-refractivity contribution in [3.8, 4) is 0 Å². The highest BCUT2D eigenvalue weighted by atomic mass is 35.5. The van der Waals surface area contributed by atoms with Gasteiger partial charge in [0.2, 0.25) is 0 Å². The van der Waals surface area contributed by atoms with E-state index in [1.807, 2.05) is 0 Å². The highest BCUT2D eigenvalue weighted by Gasteiger charge is 2.27. The molecule has 34 heavy (non-hydrogen) atoms. The Kier molecular flexibility index (Phi) is 8.39. The van der Waals surface area contributed by atoms with E-state index < -0.39 is 0 Å². The van der Waals surface area contributed by atoms with Crippen LogP contribution in [0.25, 0.3) is 0 Å². The van der Waals surface area contributed by atoms with Gasteiger partial charge in [-0.2, -0.15) is 0 Å². The third kappa shape index (κ3) is 6.72. The van der Waals surface area contributed by atoms with Crippen LogP contribution in [0.1, 0.15) is 36.8 Å². The quantitative estimate of drug-likeness (QED) is 0.351. The van der Waals surface area contributed by atoms with Crippen LogP contribution in [-0.4, -0.2) is 48.1 Å². The number of carbonyl (C=O) groups excluding carboxylic acids is 1. The Bertz CT molecular complexity index is 1020. The molecule has 178 valence electrons. The highest BCUT2D eigenvalue weighted by Crippen LogP contribution is 2.27. The molecule has 1 aliphatic heterocycles. The number of aromatic nitrogens is 1. The first-order valence-electron chi connectivity index (χ1n) is 11.9. The number of urea groups is 1. The van der Waals surface area contributed by atoms with E-state index in [4.69, 9.17) is 11.6 Å². The largest absolute Gasteiger partial charge is 0.370 e. The van der Waals surface area contributed by atoms with Crippen LogP contribution in [0.2, 0.25) is 5.15 Å². The fourth-order valence-electron chi connectivity index (χ4n) is 4.41. The van der Waals surface area contributed by atoms with Gasteiger partial charge in [-0.3, -0.25) is 0 Å². The lowest BCUT2D eigenvalue weighted by Crippen LogP contribution is -2.40. The molecule has 4 rings (SSSR count). The van der Waals surface area contributed by atoms with E-state index in [-0.39, 0.29) is 12.1 Å². The Balaban J connectivity index is 1.34. The Hall–Kier alpha value is -3.09.